The summed E-state index contributed by atoms with van der Waals surface area (Å²) in [6.45, 7) is 2.88. The molecule has 1 aliphatic carbocycles. The van der Waals surface area contributed by atoms with Crippen LogP contribution in [-0.2, 0) is 12.0 Å². The first-order valence-electron chi connectivity index (χ1n) is 13.0. The Hall–Kier alpha value is -4.21. The van der Waals surface area contributed by atoms with Crippen molar-refractivity contribution in [3.8, 4) is 0 Å². The standard InChI is InChI=1S/C34H29N3/c1-34(25-14-6-3-7-15-25)28-19-20-30-31(32(28)36-33(34)24-12-4-2-5-13-24)27-17-8-9-18-29(27)37(30)26-16-10-11-23(21-26)22-35/h2-21,31-32H,22,35H2,1H3. The summed E-state index contributed by atoms with van der Waals surface area (Å²) in [6, 6.07) is 38.9. The number of nitrogens with two attached hydrogens (primary N) is 1. The first-order valence-corrected chi connectivity index (χ1v) is 13.0. The molecule has 0 spiro atoms. The number of anilines is 2. The fourth-order valence-electron chi connectivity index (χ4n) is 6.51. The predicted molar refractivity (Wildman–Crippen MR) is 152 cm³/mol. The summed E-state index contributed by atoms with van der Waals surface area (Å²) in [7, 11) is 0. The van der Waals surface area contributed by atoms with Gasteiger partial charge >= 0.3 is 0 Å². The molecule has 2 aliphatic heterocycles. The van der Waals surface area contributed by atoms with Crippen molar-refractivity contribution in [1.82, 2.24) is 0 Å². The number of aliphatic imine (C=N–C) groups is 1. The zero-order valence-corrected chi connectivity index (χ0v) is 20.9. The highest BCUT2D eigenvalue weighted by molar-refractivity contribution is 6.12. The van der Waals surface area contributed by atoms with E-state index >= 15 is 0 Å². The molecule has 0 saturated heterocycles. The minimum absolute atomic E-state index is 0.0317. The second-order valence-corrected chi connectivity index (χ2v) is 10.2. The number of allylic oxidation sites excluding steroid dienone is 2. The van der Waals surface area contributed by atoms with Crippen molar-refractivity contribution in [2.45, 2.75) is 30.8 Å². The van der Waals surface area contributed by atoms with Crippen LogP contribution in [0.1, 0.15) is 35.1 Å². The average molecular weight is 480 g/mol. The number of nitrogens with zero attached hydrogens (tertiary/aromatic N) is 2. The molecule has 4 aromatic rings. The molecule has 7 rings (SSSR count). The maximum atomic E-state index is 6.01. The molecule has 0 aromatic heterocycles. The van der Waals surface area contributed by atoms with E-state index in [1.165, 1.54) is 33.6 Å². The summed E-state index contributed by atoms with van der Waals surface area (Å²) < 4.78 is 0. The van der Waals surface area contributed by atoms with Gasteiger partial charge in [-0.05, 0) is 59.0 Å². The lowest BCUT2D eigenvalue weighted by Crippen LogP contribution is -2.35. The summed E-state index contributed by atoms with van der Waals surface area (Å²) in [5, 5.41) is 0. The third-order valence-corrected chi connectivity index (χ3v) is 8.28. The Bertz CT molecular complexity index is 1580. The number of hydrogen-bond donors (Lipinski definition) is 1. The van der Waals surface area contributed by atoms with Crippen LogP contribution in [0.2, 0.25) is 0 Å². The molecule has 3 atom stereocenters. The summed E-state index contributed by atoms with van der Waals surface area (Å²) in [5.41, 5.74) is 16.8. The van der Waals surface area contributed by atoms with Crippen molar-refractivity contribution < 1.29 is 0 Å². The molecule has 3 heteroatoms. The molecule has 2 N–H and O–H groups in total. The summed E-state index contributed by atoms with van der Waals surface area (Å²) >= 11 is 0. The Morgan fingerprint density at radius 2 is 1.54 bits per heavy atom. The van der Waals surface area contributed by atoms with Gasteiger partial charge in [0.1, 0.15) is 0 Å². The van der Waals surface area contributed by atoms with Gasteiger partial charge in [-0.2, -0.15) is 0 Å². The van der Waals surface area contributed by atoms with Crippen molar-refractivity contribution in [2.24, 2.45) is 10.7 Å². The van der Waals surface area contributed by atoms with E-state index in [2.05, 4.69) is 133 Å². The lowest BCUT2D eigenvalue weighted by atomic mass is 9.67. The second kappa shape index (κ2) is 8.43. The Kier molecular flexibility index (Phi) is 5.02. The van der Waals surface area contributed by atoms with Gasteiger partial charge in [-0.3, -0.25) is 4.99 Å². The third-order valence-electron chi connectivity index (χ3n) is 8.28. The average Bonchev–Trinajstić information content (AvgIpc) is 3.47. The van der Waals surface area contributed by atoms with Crippen LogP contribution in [0.4, 0.5) is 11.4 Å². The van der Waals surface area contributed by atoms with Gasteiger partial charge in [0.2, 0.25) is 0 Å². The Morgan fingerprint density at radius 3 is 2.32 bits per heavy atom. The van der Waals surface area contributed by atoms with Crippen molar-refractivity contribution in [3.63, 3.8) is 0 Å². The van der Waals surface area contributed by atoms with Crippen LogP contribution >= 0.6 is 0 Å². The molecule has 37 heavy (non-hydrogen) atoms. The SMILES string of the molecule is CC1(c2ccccc2)C2=CC=C3C(c4ccccc4N3c3cccc(CN)c3)C2N=C1c1ccccc1. The van der Waals surface area contributed by atoms with Crippen LogP contribution in [0, 0.1) is 0 Å². The van der Waals surface area contributed by atoms with E-state index in [9.17, 15) is 0 Å². The van der Waals surface area contributed by atoms with Gasteiger partial charge in [0.05, 0.1) is 23.1 Å². The molecule has 0 fully saturated rings. The largest absolute Gasteiger partial charge is 0.326 e. The van der Waals surface area contributed by atoms with E-state index in [-0.39, 0.29) is 17.4 Å². The zero-order chi connectivity index (χ0) is 25.0. The lowest BCUT2D eigenvalue weighted by Gasteiger charge is -2.34. The fraction of sp³-hybridized carbons (Fsp3) is 0.147. The first-order chi connectivity index (χ1) is 18.2. The number of rotatable bonds is 4. The number of fused-ring (bicyclic) bond motifs is 5. The third kappa shape index (κ3) is 3.21. The normalized spacial score (nSPS) is 23.5. The highest BCUT2D eigenvalue weighted by atomic mass is 15.2. The molecule has 3 aliphatic rings. The monoisotopic (exact) mass is 479 g/mol. The van der Waals surface area contributed by atoms with Gasteiger partial charge in [0.25, 0.3) is 0 Å². The van der Waals surface area contributed by atoms with Crippen LogP contribution < -0.4 is 10.6 Å². The van der Waals surface area contributed by atoms with Crippen LogP contribution in [0.3, 0.4) is 0 Å². The van der Waals surface area contributed by atoms with Gasteiger partial charge in [-0.15, -0.1) is 0 Å². The van der Waals surface area contributed by atoms with E-state index < -0.39 is 0 Å². The van der Waals surface area contributed by atoms with Gasteiger partial charge in [-0.25, -0.2) is 0 Å². The highest BCUT2D eigenvalue weighted by Gasteiger charge is 2.52. The smallest absolute Gasteiger partial charge is 0.0853 e. The lowest BCUT2D eigenvalue weighted by molar-refractivity contribution is 0.625. The molecule has 0 bridgehead atoms. The molecule has 3 nitrogen and oxygen atoms in total. The molecule has 3 unspecified atom stereocenters. The first kappa shape index (κ1) is 22.0. The highest BCUT2D eigenvalue weighted by Crippen LogP contribution is 2.57. The van der Waals surface area contributed by atoms with Crippen molar-refractivity contribution in [3.05, 3.63) is 155 Å². The van der Waals surface area contributed by atoms with E-state index in [1.54, 1.807) is 0 Å². The van der Waals surface area contributed by atoms with E-state index in [4.69, 9.17) is 10.7 Å². The topological polar surface area (TPSA) is 41.6 Å². The zero-order valence-electron chi connectivity index (χ0n) is 20.9. The van der Waals surface area contributed by atoms with Gasteiger partial charge in [-0.1, -0.05) is 97.1 Å². The Balaban J connectivity index is 1.44. The van der Waals surface area contributed by atoms with Crippen LogP contribution in [0.5, 0.6) is 0 Å². The van der Waals surface area contributed by atoms with Crippen LogP contribution in [0.15, 0.2) is 138 Å². The quantitative estimate of drug-likeness (QED) is 0.341. The van der Waals surface area contributed by atoms with Gasteiger partial charge in [0, 0.05) is 23.6 Å². The maximum Gasteiger partial charge on any atom is 0.0853 e. The molecule has 0 saturated carbocycles. The van der Waals surface area contributed by atoms with Crippen LogP contribution in [0.25, 0.3) is 0 Å². The molecule has 2 heterocycles. The minimum atomic E-state index is -0.308. The number of hydrogen-bond acceptors (Lipinski definition) is 3. The number of benzene rings is 4. The van der Waals surface area contributed by atoms with Crippen molar-refractivity contribution in [2.75, 3.05) is 4.90 Å². The van der Waals surface area contributed by atoms with Crippen molar-refractivity contribution in [1.29, 1.82) is 0 Å². The summed E-state index contributed by atoms with van der Waals surface area (Å²) in [4.78, 5) is 7.98. The fourth-order valence-corrected chi connectivity index (χ4v) is 6.51. The molecule has 180 valence electrons. The maximum absolute atomic E-state index is 6.01. The second-order valence-electron chi connectivity index (χ2n) is 10.2. The van der Waals surface area contributed by atoms with E-state index in [0.29, 0.717) is 6.54 Å². The number of para-hydroxylation sites is 1. The van der Waals surface area contributed by atoms with Crippen molar-refractivity contribution >= 4 is 17.1 Å². The van der Waals surface area contributed by atoms with E-state index in [0.717, 1.165) is 17.0 Å². The van der Waals surface area contributed by atoms with Crippen LogP contribution in [-0.4, -0.2) is 11.8 Å². The Labute approximate surface area is 218 Å². The Morgan fingerprint density at radius 1 is 0.811 bits per heavy atom. The van der Waals surface area contributed by atoms with Gasteiger partial charge in [0.15, 0.2) is 0 Å². The summed E-state index contributed by atoms with van der Waals surface area (Å²) in [5.74, 6) is 0.155. The van der Waals surface area contributed by atoms with Gasteiger partial charge < -0.3 is 10.6 Å². The predicted octanol–water partition coefficient (Wildman–Crippen LogP) is 7.03. The summed E-state index contributed by atoms with van der Waals surface area (Å²) in [6.07, 6.45) is 4.67. The minimum Gasteiger partial charge on any atom is -0.326 e. The molecular formula is C34H29N3. The molecule has 0 amide bonds. The molecular weight excluding hydrogens is 450 g/mol. The molecule has 4 aromatic carbocycles. The van der Waals surface area contributed by atoms with E-state index in [1.807, 2.05) is 0 Å². The molecule has 0 radical (unpaired) electrons.